The molecule has 0 saturated carbocycles. The van der Waals surface area contributed by atoms with Gasteiger partial charge in [0.25, 0.3) is 0 Å². The van der Waals surface area contributed by atoms with Crippen molar-refractivity contribution >= 4 is 5.97 Å². The van der Waals surface area contributed by atoms with Gasteiger partial charge in [0.2, 0.25) is 0 Å². The minimum Gasteiger partial charge on any atom is -0.460 e. The van der Waals surface area contributed by atoms with Gasteiger partial charge in [0.05, 0.1) is 6.10 Å². The molecular formula is C11H18O2. The Morgan fingerprint density at radius 1 is 1.46 bits per heavy atom. The van der Waals surface area contributed by atoms with Crippen LogP contribution in [0.3, 0.4) is 0 Å². The van der Waals surface area contributed by atoms with Crippen molar-refractivity contribution in [1.82, 2.24) is 0 Å². The zero-order chi connectivity index (χ0) is 10.1. The summed E-state index contributed by atoms with van der Waals surface area (Å²) in [6.45, 7) is 5.88. The summed E-state index contributed by atoms with van der Waals surface area (Å²) in [7, 11) is 0. The van der Waals surface area contributed by atoms with E-state index in [1.165, 1.54) is 6.08 Å². The van der Waals surface area contributed by atoms with E-state index in [2.05, 4.69) is 6.92 Å². The average molecular weight is 182 g/mol. The summed E-state index contributed by atoms with van der Waals surface area (Å²) in [5, 5.41) is 0. The number of rotatable bonds is 5. The number of esters is 1. The fourth-order valence-corrected chi connectivity index (χ4v) is 0.948. The largest absolute Gasteiger partial charge is 0.460 e. The Labute approximate surface area is 80.3 Å². The summed E-state index contributed by atoms with van der Waals surface area (Å²) in [4.78, 5) is 11.1. The van der Waals surface area contributed by atoms with Gasteiger partial charge in [-0.2, -0.15) is 0 Å². The fourth-order valence-electron chi connectivity index (χ4n) is 0.948. The highest BCUT2D eigenvalue weighted by Crippen LogP contribution is 2.01. The molecule has 0 saturated heterocycles. The topological polar surface area (TPSA) is 26.3 Å². The van der Waals surface area contributed by atoms with Crippen LogP contribution in [-0.2, 0) is 9.53 Å². The van der Waals surface area contributed by atoms with Crippen molar-refractivity contribution in [2.45, 2.75) is 39.7 Å². The lowest BCUT2D eigenvalue weighted by atomic mass is 10.2. The first-order valence-corrected chi connectivity index (χ1v) is 4.70. The van der Waals surface area contributed by atoms with Crippen molar-refractivity contribution in [3.8, 4) is 0 Å². The minimum atomic E-state index is -0.265. The monoisotopic (exact) mass is 182 g/mol. The Morgan fingerprint density at radius 3 is 2.69 bits per heavy atom. The number of hydrogen-bond acceptors (Lipinski definition) is 2. The molecule has 0 aliphatic heterocycles. The van der Waals surface area contributed by atoms with Crippen LogP contribution in [-0.4, -0.2) is 12.1 Å². The van der Waals surface area contributed by atoms with Crippen LogP contribution in [0.1, 0.15) is 33.6 Å². The first-order chi connectivity index (χ1) is 6.20. The van der Waals surface area contributed by atoms with Crippen molar-refractivity contribution in [2.75, 3.05) is 0 Å². The molecule has 1 atom stereocenters. The molecule has 0 radical (unpaired) electrons. The molecular weight excluding hydrogens is 164 g/mol. The molecule has 74 valence electrons. The van der Waals surface area contributed by atoms with E-state index in [1.54, 1.807) is 12.2 Å². The molecule has 0 aromatic heterocycles. The molecule has 2 heteroatoms. The number of carbonyl (C=O) groups is 1. The molecule has 0 aromatic rings. The minimum absolute atomic E-state index is 0.0211. The highest BCUT2D eigenvalue weighted by molar-refractivity contribution is 5.82. The van der Waals surface area contributed by atoms with Gasteiger partial charge in [-0.1, -0.05) is 31.6 Å². The van der Waals surface area contributed by atoms with Crippen LogP contribution >= 0.6 is 0 Å². The van der Waals surface area contributed by atoms with Crippen molar-refractivity contribution < 1.29 is 9.53 Å². The maximum Gasteiger partial charge on any atom is 0.331 e. The van der Waals surface area contributed by atoms with E-state index in [4.69, 9.17) is 4.74 Å². The van der Waals surface area contributed by atoms with Crippen molar-refractivity contribution in [3.05, 3.63) is 24.3 Å². The molecule has 2 nitrogen and oxygen atoms in total. The second-order valence-electron chi connectivity index (χ2n) is 2.92. The lowest BCUT2D eigenvalue weighted by Gasteiger charge is -2.09. The molecule has 0 aliphatic carbocycles. The maximum absolute atomic E-state index is 11.1. The van der Waals surface area contributed by atoms with Gasteiger partial charge in [0.1, 0.15) is 0 Å². The molecule has 0 amide bonds. The Morgan fingerprint density at radius 2 is 2.15 bits per heavy atom. The standard InChI is InChI=1S/C11H18O2/c1-4-6-7-9-11(12)13-10(3)8-5-2/h4,6-7,9-10H,5,8H2,1-3H3/b6-4+,9-7+. The van der Waals surface area contributed by atoms with Gasteiger partial charge in [-0.15, -0.1) is 0 Å². The van der Waals surface area contributed by atoms with Gasteiger partial charge in [-0.25, -0.2) is 4.79 Å². The number of allylic oxidation sites excluding steroid dienone is 3. The van der Waals surface area contributed by atoms with Crippen molar-refractivity contribution in [3.63, 3.8) is 0 Å². The molecule has 1 unspecified atom stereocenters. The lowest BCUT2D eigenvalue weighted by molar-refractivity contribution is -0.142. The van der Waals surface area contributed by atoms with Gasteiger partial charge in [-0.3, -0.25) is 0 Å². The summed E-state index contributed by atoms with van der Waals surface area (Å²) >= 11 is 0. The Bertz CT molecular complexity index is 192. The van der Waals surface area contributed by atoms with E-state index in [-0.39, 0.29) is 12.1 Å². The molecule has 0 N–H and O–H groups in total. The Hall–Kier alpha value is -1.05. The normalized spacial score (nSPS) is 13.8. The van der Waals surface area contributed by atoms with E-state index >= 15 is 0 Å². The third-order valence-electron chi connectivity index (χ3n) is 1.55. The summed E-state index contributed by atoms with van der Waals surface area (Å²) in [6, 6.07) is 0. The lowest BCUT2D eigenvalue weighted by Crippen LogP contribution is -2.12. The van der Waals surface area contributed by atoms with Gasteiger partial charge < -0.3 is 4.74 Å². The van der Waals surface area contributed by atoms with E-state index in [0.717, 1.165) is 12.8 Å². The highest BCUT2D eigenvalue weighted by Gasteiger charge is 2.03. The van der Waals surface area contributed by atoms with E-state index < -0.39 is 0 Å². The van der Waals surface area contributed by atoms with Crippen LogP contribution in [0.15, 0.2) is 24.3 Å². The van der Waals surface area contributed by atoms with E-state index in [1.807, 2.05) is 19.9 Å². The summed E-state index contributed by atoms with van der Waals surface area (Å²) in [5.74, 6) is -0.265. The zero-order valence-electron chi connectivity index (χ0n) is 8.62. The molecule has 0 bridgehead atoms. The number of carbonyl (C=O) groups excluding carboxylic acids is 1. The third-order valence-corrected chi connectivity index (χ3v) is 1.55. The molecule has 13 heavy (non-hydrogen) atoms. The predicted octanol–water partition coefficient (Wildman–Crippen LogP) is 2.85. The molecule has 0 heterocycles. The maximum atomic E-state index is 11.1. The number of ether oxygens (including phenoxy) is 1. The van der Waals surface area contributed by atoms with Crippen LogP contribution < -0.4 is 0 Å². The van der Waals surface area contributed by atoms with Gasteiger partial charge in [0.15, 0.2) is 0 Å². The Kier molecular flexibility index (Phi) is 6.98. The fraction of sp³-hybridized carbons (Fsp3) is 0.545. The van der Waals surface area contributed by atoms with Crippen molar-refractivity contribution in [2.24, 2.45) is 0 Å². The molecule has 0 aromatic carbocycles. The SMILES string of the molecule is C/C=C/C=C/C(=O)OC(C)CCC. The first kappa shape index (κ1) is 11.9. The predicted molar refractivity (Wildman–Crippen MR) is 54.4 cm³/mol. The number of hydrogen-bond donors (Lipinski definition) is 0. The first-order valence-electron chi connectivity index (χ1n) is 4.70. The van der Waals surface area contributed by atoms with Crippen LogP contribution in [0.4, 0.5) is 0 Å². The van der Waals surface area contributed by atoms with Crippen LogP contribution in [0.5, 0.6) is 0 Å². The van der Waals surface area contributed by atoms with Gasteiger partial charge in [0, 0.05) is 6.08 Å². The Balaban J connectivity index is 3.73. The van der Waals surface area contributed by atoms with Crippen LogP contribution in [0, 0.1) is 0 Å². The quantitative estimate of drug-likeness (QED) is 0.371. The molecule has 0 fully saturated rings. The summed E-state index contributed by atoms with van der Waals surface area (Å²) in [5.41, 5.74) is 0. The summed E-state index contributed by atoms with van der Waals surface area (Å²) in [6.07, 6.45) is 8.75. The molecule has 0 aliphatic rings. The average Bonchev–Trinajstić information content (AvgIpc) is 2.05. The second kappa shape index (κ2) is 7.59. The summed E-state index contributed by atoms with van der Waals surface area (Å²) < 4.78 is 5.08. The second-order valence-corrected chi connectivity index (χ2v) is 2.92. The van der Waals surface area contributed by atoms with Crippen molar-refractivity contribution in [1.29, 1.82) is 0 Å². The van der Waals surface area contributed by atoms with E-state index in [0.29, 0.717) is 0 Å². The smallest absolute Gasteiger partial charge is 0.331 e. The third kappa shape index (κ3) is 7.32. The zero-order valence-corrected chi connectivity index (χ0v) is 8.62. The van der Waals surface area contributed by atoms with Crippen LogP contribution in [0.25, 0.3) is 0 Å². The van der Waals surface area contributed by atoms with Crippen LogP contribution in [0.2, 0.25) is 0 Å². The highest BCUT2D eigenvalue weighted by atomic mass is 16.5. The molecule has 0 spiro atoms. The van der Waals surface area contributed by atoms with E-state index in [9.17, 15) is 4.79 Å². The molecule has 0 rings (SSSR count). The van der Waals surface area contributed by atoms with Gasteiger partial charge in [-0.05, 0) is 20.3 Å². The van der Waals surface area contributed by atoms with Gasteiger partial charge >= 0.3 is 5.97 Å².